The van der Waals surface area contributed by atoms with Crippen LogP contribution in [0.25, 0.3) is 16.6 Å². The maximum Gasteiger partial charge on any atom is 0.266 e. The standard InChI is InChI=1S/C15H10ClFN2O/c1-9-5-6-13-12(7-9)14(20)19(15(16)18-13)11-4-2-3-10(17)8-11/h2-8H,1H3. The van der Waals surface area contributed by atoms with Crippen molar-refractivity contribution >= 4 is 22.5 Å². The highest BCUT2D eigenvalue weighted by molar-refractivity contribution is 6.29. The molecule has 0 unspecified atom stereocenters. The molecule has 0 bridgehead atoms. The van der Waals surface area contributed by atoms with Gasteiger partial charge in [-0.1, -0.05) is 17.7 Å². The Morgan fingerprint density at radius 2 is 2.00 bits per heavy atom. The van der Waals surface area contributed by atoms with Crippen molar-refractivity contribution < 1.29 is 4.39 Å². The van der Waals surface area contributed by atoms with E-state index in [1.807, 2.05) is 13.0 Å². The van der Waals surface area contributed by atoms with Gasteiger partial charge in [0.1, 0.15) is 5.82 Å². The minimum Gasteiger partial charge on any atom is -0.268 e. The number of halogens is 2. The number of aromatic nitrogens is 2. The normalized spacial score (nSPS) is 10.9. The number of hydrogen-bond donors (Lipinski definition) is 0. The van der Waals surface area contributed by atoms with Crippen molar-refractivity contribution in [1.82, 2.24) is 9.55 Å². The van der Waals surface area contributed by atoms with Crippen molar-refractivity contribution in [2.75, 3.05) is 0 Å². The fourth-order valence-electron chi connectivity index (χ4n) is 2.11. The first kappa shape index (κ1) is 12.8. The van der Waals surface area contributed by atoms with Gasteiger partial charge in [0.15, 0.2) is 0 Å². The number of fused-ring (bicyclic) bond motifs is 1. The Bertz CT molecular complexity index is 873. The molecule has 100 valence electrons. The Balaban J connectivity index is 2.39. The first-order valence-corrected chi connectivity index (χ1v) is 6.39. The Hall–Kier alpha value is -2.20. The molecule has 5 heteroatoms. The minimum atomic E-state index is -0.435. The lowest BCUT2D eigenvalue weighted by molar-refractivity contribution is 0.626. The van der Waals surface area contributed by atoms with Gasteiger partial charge in [-0.15, -0.1) is 0 Å². The van der Waals surface area contributed by atoms with Gasteiger partial charge in [-0.25, -0.2) is 9.37 Å². The molecule has 0 radical (unpaired) electrons. The zero-order valence-electron chi connectivity index (χ0n) is 10.6. The van der Waals surface area contributed by atoms with E-state index in [4.69, 9.17) is 11.6 Å². The average Bonchev–Trinajstić information content (AvgIpc) is 2.40. The van der Waals surface area contributed by atoms with Gasteiger partial charge in [0.25, 0.3) is 5.56 Å². The molecule has 0 saturated heterocycles. The lowest BCUT2D eigenvalue weighted by Crippen LogP contribution is -2.20. The van der Waals surface area contributed by atoms with Crippen LogP contribution in [-0.2, 0) is 0 Å². The van der Waals surface area contributed by atoms with Crippen molar-refractivity contribution in [3.05, 3.63) is 69.5 Å². The maximum atomic E-state index is 13.3. The van der Waals surface area contributed by atoms with Crippen LogP contribution in [-0.4, -0.2) is 9.55 Å². The van der Waals surface area contributed by atoms with E-state index < -0.39 is 5.82 Å². The number of hydrogen-bond acceptors (Lipinski definition) is 2. The van der Waals surface area contributed by atoms with Crippen molar-refractivity contribution in [2.45, 2.75) is 6.92 Å². The molecule has 0 N–H and O–H groups in total. The van der Waals surface area contributed by atoms with Crippen LogP contribution in [0.4, 0.5) is 4.39 Å². The van der Waals surface area contributed by atoms with E-state index in [0.717, 1.165) is 5.56 Å². The Labute approximate surface area is 119 Å². The minimum absolute atomic E-state index is 0.0111. The van der Waals surface area contributed by atoms with Crippen LogP contribution < -0.4 is 5.56 Å². The van der Waals surface area contributed by atoms with E-state index in [9.17, 15) is 9.18 Å². The fraction of sp³-hybridized carbons (Fsp3) is 0.0667. The second kappa shape index (κ2) is 4.72. The molecule has 20 heavy (non-hydrogen) atoms. The molecule has 0 atom stereocenters. The maximum absolute atomic E-state index is 13.3. The van der Waals surface area contributed by atoms with Crippen LogP contribution in [0.5, 0.6) is 0 Å². The summed E-state index contributed by atoms with van der Waals surface area (Å²) in [5.74, 6) is -0.435. The molecule has 0 aliphatic rings. The topological polar surface area (TPSA) is 34.9 Å². The van der Waals surface area contributed by atoms with Gasteiger partial charge in [-0.3, -0.25) is 9.36 Å². The second-order valence-electron chi connectivity index (χ2n) is 4.52. The number of aryl methyl sites for hydroxylation is 1. The zero-order valence-corrected chi connectivity index (χ0v) is 11.4. The summed E-state index contributed by atoms with van der Waals surface area (Å²) in [6.45, 7) is 1.89. The molecular weight excluding hydrogens is 279 g/mol. The molecule has 0 spiro atoms. The average molecular weight is 289 g/mol. The molecule has 0 aliphatic heterocycles. The van der Waals surface area contributed by atoms with Gasteiger partial charge in [0.2, 0.25) is 5.28 Å². The van der Waals surface area contributed by atoms with Crippen LogP contribution in [0.1, 0.15) is 5.56 Å². The van der Waals surface area contributed by atoms with E-state index in [1.54, 1.807) is 18.2 Å². The SMILES string of the molecule is Cc1ccc2nc(Cl)n(-c3cccc(F)c3)c(=O)c2c1. The number of nitrogens with zero attached hydrogens (tertiary/aromatic N) is 2. The molecule has 0 amide bonds. The lowest BCUT2D eigenvalue weighted by atomic mass is 10.1. The molecule has 1 heterocycles. The highest BCUT2D eigenvalue weighted by Gasteiger charge is 2.11. The number of rotatable bonds is 1. The summed E-state index contributed by atoms with van der Waals surface area (Å²) in [6, 6.07) is 11.0. The van der Waals surface area contributed by atoms with Gasteiger partial charge in [-0.2, -0.15) is 0 Å². The summed E-state index contributed by atoms with van der Waals surface area (Å²) in [5.41, 5.74) is 1.52. The van der Waals surface area contributed by atoms with Crippen LogP contribution in [0.3, 0.4) is 0 Å². The van der Waals surface area contributed by atoms with Crippen molar-refractivity contribution in [3.8, 4) is 5.69 Å². The molecule has 0 fully saturated rings. The third-order valence-electron chi connectivity index (χ3n) is 3.05. The van der Waals surface area contributed by atoms with E-state index in [1.165, 1.54) is 22.8 Å². The summed E-state index contributed by atoms with van der Waals surface area (Å²) in [6.07, 6.45) is 0. The van der Waals surface area contributed by atoms with Crippen molar-refractivity contribution in [3.63, 3.8) is 0 Å². The molecule has 1 aromatic heterocycles. The fourth-order valence-corrected chi connectivity index (χ4v) is 2.38. The summed E-state index contributed by atoms with van der Waals surface area (Å²) in [5, 5.41) is 0.468. The first-order chi connectivity index (χ1) is 9.56. The van der Waals surface area contributed by atoms with Crippen LogP contribution in [0.2, 0.25) is 5.28 Å². The smallest absolute Gasteiger partial charge is 0.266 e. The summed E-state index contributed by atoms with van der Waals surface area (Å²) < 4.78 is 14.5. The van der Waals surface area contributed by atoms with Crippen LogP contribution in [0, 0.1) is 12.7 Å². The Morgan fingerprint density at radius 1 is 1.20 bits per heavy atom. The van der Waals surface area contributed by atoms with Crippen LogP contribution in [0.15, 0.2) is 47.3 Å². The third-order valence-corrected chi connectivity index (χ3v) is 3.30. The van der Waals surface area contributed by atoms with Gasteiger partial charge < -0.3 is 0 Å². The summed E-state index contributed by atoms with van der Waals surface area (Å²) >= 11 is 6.06. The first-order valence-electron chi connectivity index (χ1n) is 6.01. The van der Waals surface area contributed by atoms with E-state index in [0.29, 0.717) is 16.6 Å². The highest BCUT2D eigenvalue weighted by atomic mass is 35.5. The molecule has 3 rings (SSSR count). The van der Waals surface area contributed by atoms with E-state index in [-0.39, 0.29) is 10.8 Å². The highest BCUT2D eigenvalue weighted by Crippen LogP contribution is 2.17. The van der Waals surface area contributed by atoms with Gasteiger partial charge in [0.05, 0.1) is 16.6 Å². The monoisotopic (exact) mass is 288 g/mol. The van der Waals surface area contributed by atoms with Crippen molar-refractivity contribution in [1.29, 1.82) is 0 Å². The predicted molar refractivity (Wildman–Crippen MR) is 77.0 cm³/mol. The summed E-state index contributed by atoms with van der Waals surface area (Å²) in [4.78, 5) is 16.7. The number of benzene rings is 2. The molecular formula is C15H10ClFN2O. The third kappa shape index (κ3) is 2.08. The summed E-state index contributed by atoms with van der Waals surface area (Å²) in [7, 11) is 0. The molecule has 3 aromatic rings. The largest absolute Gasteiger partial charge is 0.268 e. The Morgan fingerprint density at radius 3 is 2.75 bits per heavy atom. The molecule has 0 aliphatic carbocycles. The quantitative estimate of drug-likeness (QED) is 0.643. The predicted octanol–water partition coefficient (Wildman–Crippen LogP) is 3.49. The second-order valence-corrected chi connectivity index (χ2v) is 4.86. The Kier molecular flexibility index (Phi) is 3.03. The van der Waals surface area contributed by atoms with Gasteiger partial charge in [-0.05, 0) is 48.9 Å². The molecule has 2 aromatic carbocycles. The molecule has 0 saturated carbocycles. The van der Waals surface area contributed by atoms with Gasteiger partial charge in [0, 0.05) is 0 Å². The lowest BCUT2D eigenvalue weighted by Gasteiger charge is -2.09. The molecule has 3 nitrogen and oxygen atoms in total. The van der Waals surface area contributed by atoms with Gasteiger partial charge >= 0.3 is 0 Å². The van der Waals surface area contributed by atoms with Crippen LogP contribution >= 0.6 is 11.6 Å². The van der Waals surface area contributed by atoms with E-state index in [2.05, 4.69) is 4.98 Å². The van der Waals surface area contributed by atoms with Crippen molar-refractivity contribution in [2.24, 2.45) is 0 Å². The van der Waals surface area contributed by atoms with E-state index >= 15 is 0 Å². The zero-order chi connectivity index (χ0) is 14.3.